The molecule has 1 aliphatic heterocycles. The highest BCUT2D eigenvalue weighted by Gasteiger charge is 2.20. The average Bonchev–Trinajstić information content (AvgIpc) is 3.23. The second kappa shape index (κ2) is 10.2. The van der Waals surface area contributed by atoms with Crippen molar-refractivity contribution in [2.24, 2.45) is 4.99 Å². The monoisotopic (exact) mass is 386 g/mol. The van der Waals surface area contributed by atoms with Crippen LogP contribution in [0.5, 0.6) is 5.75 Å². The minimum atomic E-state index is 0.480. The quantitative estimate of drug-likeness (QED) is 0.565. The van der Waals surface area contributed by atoms with Crippen LogP contribution in [0.25, 0.3) is 0 Å². The number of aliphatic imine (C=N–C) groups is 1. The fourth-order valence-corrected chi connectivity index (χ4v) is 4.15. The molecule has 2 N–H and O–H groups in total. The number of hydrogen-bond donors (Lipinski definition) is 2. The second-order valence-electron chi connectivity index (χ2n) is 6.69. The standard InChI is InChI=1S/C21H30N4OS/c1-3-26-19-7-4-6-17(16-19)9-12-23-21(22-2)24-18-10-13-25(14-11-18)20-8-5-15-27-20/h4-8,15-16,18H,3,9-14H2,1-2H3,(H2,22,23,24). The van der Waals surface area contributed by atoms with Crippen molar-refractivity contribution < 1.29 is 4.74 Å². The van der Waals surface area contributed by atoms with Crippen molar-refractivity contribution in [2.45, 2.75) is 32.2 Å². The van der Waals surface area contributed by atoms with Gasteiger partial charge < -0.3 is 20.3 Å². The van der Waals surface area contributed by atoms with Gasteiger partial charge in [0, 0.05) is 32.7 Å². The summed E-state index contributed by atoms with van der Waals surface area (Å²) < 4.78 is 5.57. The summed E-state index contributed by atoms with van der Waals surface area (Å²) in [6, 6.07) is 13.1. The number of thiophene rings is 1. The van der Waals surface area contributed by atoms with Crippen LogP contribution in [0.4, 0.5) is 5.00 Å². The van der Waals surface area contributed by atoms with Crippen molar-refractivity contribution >= 4 is 22.3 Å². The molecule has 0 saturated carbocycles. The molecule has 1 fully saturated rings. The van der Waals surface area contributed by atoms with Crippen LogP contribution in [0.3, 0.4) is 0 Å². The molecular formula is C21H30N4OS. The third-order valence-corrected chi connectivity index (χ3v) is 5.72. The van der Waals surface area contributed by atoms with Crippen LogP contribution in [0, 0.1) is 0 Å². The number of anilines is 1. The number of nitrogens with zero attached hydrogens (tertiary/aromatic N) is 2. The summed E-state index contributed by atoms with van der Waals surface area (Å²) in [5, 5.41) is 10.6. The summed E-state index contributed by atoms with van der Waals surface area (Å²) in [6.07, 6.45) is 3.21. The summed E-state index contributed by atoms with van der Waals surface area (Å²) in [6.45, 7) is 5.75. The topological polar surface area (TPSA) is 48.9 Å². The first-order chi connectivity index (χ1) is 13.3. The van der Waals surface area contributed by atoms with E-state index in [4.69, 9.17) is 4.74 Å². The van der Waals surface area contributed by atoms with E-state index in [9.17, 15) is 0 Å². The molecular weight excluding hydrogens is 356 g/mol. The molecule has 1 aromatic carbocycles. The van der Waals surface area contributed by atoms with Crippen molar-refractivity contribution in [2.75, 3.05) is 38.2 Å². The Morgan fingerprint density at radius 3 is 2.81 bits per heavy atom. The molecule has 2 aromatic rings. The molecule has 0 unspecified atom stereocenters. The molecule has 0 amide bonds. The lowest BCUT2D eigenvalue weighted by molar-refractivity contribution is 0.340. The zero-order valence-corrected chi connectivity index (χ0v) is 17.1. The minimum absolute atomic E-state index is 0.480. The van der Waals surface area contributed by atoms with E-state index in [1.54, 1.807) is 0 Å². The van der Waals surface area contributed by atoms with Crippen molar-refractivity contribution in [3.05, 3.63) is 47.3 Å². The highest BCUT2D eigenvalue weighted by atomic mass is 32.1. The van der Waals surface area contributed by atoms with E-state index in [0.717, 1.165) is 50.6 Å². The average molecular weight is 387 g/mol. The maximum Gasteiger partial charge on any atom is 0.191 e. The van der Waals surface area contributed by atoms with Crippen LogP contribution in [0.15, 0.2) is 46.8 Å². The summed E-state index contributed by atoms with van der Waals surface area (Å²) in [4.78, 5) is 6.86. The van der Waals surface area contributed by atoms with Gasteiger partial charge in [0.05, 0.1) is 11.6 Å². The van der Waals surface area contributed by atoms with E-state index in [1.165, 1.54) is 10.6 Å². The summed E-state index contributed by atoms with van der Waals surface area (Å²) in [5.41, 5.74) is 1.27. The molecule has 1 saturated heterocycles. The normalized spacial score (nSPS) is 15.6. The zero-order chi connectivity index (χ0) is 18.9. The Balaban J connectivity index is 1.40. The lowest BCUT2D eigenvalue weighted by Gasteiger charge is -2.33. The van der Waals surface area contributed by atoms with Gasteiger partial charge in [-0.25, -0.2) is 0 Å². The molecule has 0 atom stereocenters. The van der Waals surface area contributed by atoms with Crippen LogP contribution >= 0.6 is 11.3 Å². The van der Waals surface area contributed by atoms with E-state index in [-0.39, 0.29) is 0 Å². The number of guanidine groups is 1. The number of benzene rings is 1. The Morgan fingerprint density at radius 1 is 1.26 bits per heavy atom. The van der Waals surface area contributed by atoms with Crippen LogP contribution in [0.1, 0.15) is 25.3 Å². The molecule has 5 nitrogen and oxygen atoms in total. The van der Waals surface area contributed by atoms with Gasteiger partial charge in [-0.1, -0.05) is 12.1 Å². The Kier molecular flexibility index (Phi) is 7.39. The number of nitrogens with one attached hydrogen (secondary N) is 2. The van der Waals surface area contributed by atoms with Gasteiger partial charge in [0.2, 0.25) is 0 Å². The van der Waals surface area contributed by atoms with Crippen LogP contribution in [-0.4, -0.2) is 45.3 Å². The molecule has 0 bridgehead atoms. The number of ether oxygens (including phenoxy) is 1. The van der Waals surface area contributed by atoms with Gasteiger partial charge in [0.15, 0.2) is 5.96 Å². The summed E-state index contributed by atoms with van der Waals surface area (Å²) in [5.74, 6) is 1.83. The van der Waals surface area contributed by atoms with Gasteiger partial charge in [0.25, 0.3) is 0 Å². The summed E-state index contributed by atoms with van der Waals surface area (Å²) >= 11 is 1.82. The summed E-state index contributed by atoms with van der Waals surface area (Å²) in [7, 11) is 1.84. The third-order valence-electron chi connectivity index (χ3n) is 4.79. The molecule has 6 heteroatoms. The fraction of sp³-hybridized carbons (Fsp3) is 0.476. The first-order valence-corrected chi connectivity index (χ1v) is 10.6. The predicted molar refractivity (Wildman–Crippen MR) is 115 cm³/mol. The van der Waals surface area contributed by atoms with E-state index in [1.807, 2.05) is 31.4 Å². The first kappa shape index (κ1) is 19.5. The SMILES string of the molecule is CCOc1cccc(CCNC(=NC)NC2CCN(c3cccs3)CC2)c1. The molecule has 0 spiro atoms. The molecule has 3 rings (SSSR count). The maximum atomic E-state index is 5.57. The fourth-order valence-electron chi connectivity index (χ4n) is 3.36. The molecule has 0 aliphatic carbocycles. The van der Waals surface area contributed by atoms with E-state index >= 15 is 0 Å². The van der Waals surface area contributed by atoms with Crippen molar-refractivity contribution in [1.29, 1.82) is 0 Å². The number of piperidine rings is 1. The van der Waals surface area contributed by atoms with Gasteiger partial charge in [0.1, 0.15) is 5.75 Å². The van der Waals surface area contributed by atoms with Gasteiger partial charge in [-0.15, -0.1) is 11.3 Å². The molecule has 146 valence electrons. The molecule has 2 heterocycles. The highest BCUT2D eigenvalue weighted by Crippen LogP contribution is 2.24. The van der Waals surface area contributed by atoms with Gasteiger partial charge >= 0.3 is 0 Å². The van der Waals surface area contributed by atoms with E-state index in [0.29, 0.717) is 12.6 Å². The number of rotatable bonds is 7. The Bertz CT molecular complexity index is 709. The minimum Gasteiger partial charge on any atom is -0.494 e. The van der Waals surface area contributed by atoms with Crippen LogP contribution < -0.4 is 20.3 Å². The second-order valence-corrected chi connectivity index (χ2v) is 7.61. The first-order valence-electron chi connectivity index (χ1n) is 9.76. The lowest BCUT2D eigenvalue weighted by Crippen LogP contribution is -2.49. The smallest absolute Gasteiger partial charge is 0.191 e. The highest BCUT2D eigenvalue weighted by molar-refractivity contribution is 7.14. The zero-order valence-electron chi connectivity index (χ0n) is 16.3. The van der Waals surface area contributed by atoms with Crippen LogP contribution in [0.2, 0.25) is 0 Å². The Morgan fingerprint density at radius 2 is 2.11 bits per heavy atom. The Labute approximate surface area is 166 Å². The van der Waals surface area contributed by atoms with Gasteiger partial charge in [-0.3, -0.25) is 4.99 Å². The molecule has 1 aromatic heterocycles. The lowest BCUT2D eigenvalue weighted by atomic mass is 10.1. The molecule has 27 heavy (non-hydrogen) atoms. The third kappa shape index (κ3) is 5.89. The number of hydrogen-bond acceptors (Lipinski definition) is 4. The Hall–Kier alpha value is -2.21. The van der Waals surface area contributed by atoms with Gasteiger partial charge in [-0.05, 0) is 61.4 Å². The van der Waals surface area contributed by atoms with Crippen molar-refractivity contribution in [3.63, 3.8) is 0 Å². The van der Waals surface area contributed by atoms with E-state index < -0.39 is 0 Å². The largest absolute Gasteiger partial charge is 0.494 e. The maximum absolute atomic E-state index is 5.57. The van der Waals surface area contributed by atoms with E-state index in [2.05, 4.69) is 56.2 Å². The van der Waals surface area contributed by atoms with Crippen LogP contribution in [-0.2, 0) is 6.42 Å². The molecule has 1 aliphatic rings. The van der Waals surface area contributed by atoms with Crippen molar-refractivity contribution in [1.82, 2.24) is 10.6 Å². The van der Waals surface area contributed by atoms with Crippen molar-refractivity contribution in [3.8, 4) is 5.75 Å². The van der Waals surface area contributed by atoms with Gasteiger partial charge in [-0.2, -0.15) is 0 Å². The molecule has 0 radical (unpaired) electrons. The predicted octanol–water partition coefficient (Wildman–Crippen LogP) is 3.52.